The molecule has 4 nitrogen and oxygen atoms in total. The summed E-state index contributed by atoms with van der Waals surface area (Å²) in [5, 5.41) is 0. The Morgan fingerprint density at radius 1 is 1.10 bits per heavy atom. The molecule has 0 aromatic carbocycles. The number of hydrogen-bond donors (Lipinski definition) is 1. The molecule has 122 valence electrons. The summed E-state index contributed by atoms with van der Waals surface area (Å²) < 4.78 is 0. The molecular weight excluding hydrogens is 262 g/mol. The molecule has 0 aromatic rings. The zero-order valence-corrected chi connectivity index (χ0v) is 13.9. The highest BCUT2D eigenvalue weighted by Gasteiger charge is 2.28. The van der Waals surface area contributed by atoms with Gasteiger partial charge in [-0.2, -0.15) is 0 Å². The molecule has 21 heavy (non-hydrogen) atoms. The van der Waals surface area contributed by atoms with Gasteiger partial charge in [0.15, 0.2) is 0 Å². The van der Waals surface area contributed by atoms with Gasteiger partial charge in [0.1, 0.15) is 0 Å². The van der Waals surface area contributed by atoms with E-state index < -0.39 is 0 Å². The summed E-state index contributed by atoms with van der Waals surface area (Å²) in [7, 11) is 4.25. The highest BCUT2D eigenvalue weighted by molar-refractivity contribution is 5.81. The summed E-state index contributed by atoms with van der Waals surface area (Å²) in [5.41, 5.74) is 6.19. The average molecular weight is 295 g/mol. The summed E-state index contributed by atoms with van der Waals surface area (Å²) in [4.78, 5) is 16.8. The summed E-state index contributed by atoms with van der Waals surface area (Å²) in [6.45, 7) is 2.93. The predicted octanol–water partition coefficient (Wildman–Crippen LogP) is 2.08. The molecule has 2 fully saturated rings. The molecule has 1 unspecified atom stereocenters. The molecule has 0 radical (unpaired) electrons. The molecule has 0 bridgehead atoms. The maximum Gasteiger partial charge on any atom is 0.239 e. The van der Waals surface area contributed by atoms with Gasteiger partial charge in [-0.25, -0.2) is 0 Å². The van der Waals surface area contributed by atoms with E-state index in [1.165, 1.54) is 32.1 Å². The third-order valence-electron chi connectivity index (χ3n) is 5.18. The van der Waals surface area contributed by atoms with Gasteiger partial charge in [-0.05, 0) is 45.2 Å². The molecule has 1 amide bonds. The predicted molar refractivity (Wildman–Crippen MR) is 87.0 cm³/mol. The van der Waals surface area contributed by atoms with E-state index in [4.69, 9.17) is 5.73 Å². The van der Waals surface area contributed by atoms with E-state index in [9.17, 15) is 4.79 Å². The van der Waals surface area contributed by atoms with Gasteiger partial charge in [0, 0.05) is 19.6 Å². The number of likely N-dealkylation sites (tertiary alicyclic amines) is 1. The lowest BCUT2D eigenvalue weighted by Crippen LogP contribution is -2.48. The maximum atomic E-state index is 12.5. The van der Waals surface area contributed by atoms with Crippen LogP contribution in [0.5, 0.6) is 0 Å². The first-order valence-electron chi connectivity index (χ1n) is 8.75. The van der Waals surface area contributed by atoms with E-state index in [1.54, 1.807) is 0 Å². The standard InChI is InChI=1S/C17H33N3O/c1-19(2)13-15-8-10-20(11-9-15)17(21)16(18)12-14-6-4-3-5-7-14/h14-16H,3-13,18H2,1-2H3. The lowest BCUT2D eigenvalue weighted by atomic mass is 9.84. The molecule has 0 aromatic heterocycles. The average Bonchev–Trinajstić information content (AvgIpc) is 2.47. The second kappa shape index (κ2) is 8.14. The Labute approximate surface area is 130 Å². The van der Waals surface area contributed by atoms with Gasteiger partial charge in [0.25, 0.3) is 0 Å². The van der Waals surface area contributed by atoms with Crippen molar-refractivity contribution in [1.29, 1.82) is 0 Å². The van der Waals surface area contributed by atoms with Crippen molar-refractivity contribution in [3.8, 4) is 0 Å². The summed E-state index contributed by atoms with van der Waals surface area (Å²) in [5.74, 6) is 1.62. The minimum atomic E-state index is -0.265. The van der Waals surface area contributed by atoms with Crippen LogP contribution in [0.15, 0.2) is 0 Å². The first-order chi connectivity index (χ1) is 10.1. The number of carbonyl (C=O) groups excluding carboxylic acids is 1. The molecule has 1 heterocycles. The SMILES string of the molecule is CN(C)CC1CCN(C(=O)C(N)CC2CCCCC2)CC1. The zero-order chi connectivity index (χ0) is 15.2. The van der Waals surface area contributed by atoms with Crippen molar-refractivity contribution in [2.45, 2.75) is 57.4 Å². The lowest BCUT2D eigenvalue weighted by Gasteiger charge is -2.35. The van der Waals surface area contributed by atoms with Crippen LogP contribution >= 0.6 is 0 Å². The highest BCUT2D eigenvalue weighted by atomic mass is 16.2. The van der Waals surface area contributed by atoms with Gasteiger partial charge in [0.05, 0.1) is 6.04 Å². The van der Waals surface area contributed by atoms with Crippen molar-refractivity contribution in [2.24, 2.45) is 17.6 Å². The summed E-state index contributed by atoms with van der Waals surface area (Å²) >= 11 is 0. The number of carbonyl (C=O) groups is 1. The van der Waals surface area contributed by atoms with Gasteiger partial charge in [-0.15, -0.1) is 0 Å². The van der Waals surface area contributed by atoms with Crippen molar-refractivity contribution in [3.05, 3.63) is 0 Å². The van der Waals surface area contributed by atoms with Gasteiger partial charge < -0.3 is 15.5 Å². The Balaban J connectivity index is 1.73. The van der Waals surface area contributed by atoms with Crippen molar-refractivity contribution in [2.75, 3.05) is 33.7 Å². The molecule has 2 rings (SSSR count). The zero-order valence-electron chi connectivity index (χ0n) is 13.9. The molecule has 4 heteroatoms. The molecule has 0 spiro atoms. The smallest absolute Gasteiger partial charge is 0.239 e. The Hall–Kier alpha value is -0.610. The number of rotatable bonds is 5. The Morgan fingerprint density at radius 2 is 1.71 bits per heavy atom. The minimum Gasteiger partial charge on any atom is -0.341 e. The molecule has 1 atom stereocenters. The largest absolute Gasteiger partial charge is 0.341 e. The number of nitrogens with two attached hydrogens (primary N) is 1. The first kappa shape index (κ1) is 16.8. The monoisotopic (exact) mass is 295 g/mol. The second-order valence-electron chi connectivity index (χ2n) is 7.38. The topological polar surface area (TPSA) is 49.6 Å². The van der Waals surface area contributed by atoms with E-state index in [2.05, 4.69) is 19.0 Å². The van der Waals surface area contributed by atoms with Crippen LogP contribution in [0.4, 0.5) is 0 Å². The molecular formula is C17H33N3O. The molecule has 1 saturated carbocycles. The fourth-order valence-electron chi connectivity index (χ4n) is 3.97. The quantitative estimate of drug-likeness (QED) is 0.845. The van der Waals surface area contributed by atoms with Crippen LogP contribution in [-0.2, 0) is 4.79 Å². The van der Waals surface area contributed by atoms with Crippen molar-refractivity contribution < 1.29 is 4.79 Å². The van der Waals surface area contributed by atoms with Crippen molar-refractivity contribution in [3.63, 3.8) is 0 Å². The number of nitrogens with zero attached hydrogens (tertiary/aromatic N) is 2. The van der Waals surface area contributed by atoms with E-state index in [0.29, 0.717) is 5.92 Å². The lowest BCUT2D eigenvalue weighted by molar-refractivity contribution is -0.134. The third kappa shape index (κ3) is 5.26. The molecule has 1 saturated heterocycles. The van der Waals surface area contributed by atoms with Crippen LogP contribution in [0.2, 0.25) is 0 Å². The fourth-order valence-corrected chi connectivity index (χ4v) is 3.97. The van der Waals surface area contributed by atoms with E-state index >= 15 is 0 Å². The summed E-state index contributed by atoms with van der Waals surface area (Å²) in [6, 6.07) is -0.265. The minimum absolute atomic E-state index is 0.198. The highest BCUT2D eigenvalue weighted by Crippen LogP contribution is 2.27. The maximum absolute atomic E-state index is 12.5. The molecule has 2 aliphatic rings. The van der Waals surface area contributed by atoms with Crippen LogP contribution in [0.3, 0.4) is 0 Å². The fraction of sp³-hybridized carbons (Fsp3) is 0.941. The van der Waals surface area contributed by atoms with E-state index in [0.717, 1.165) is 44.8 Å². The van der Waals surface area contributed by atoms with Gasteiger partial charge in [-0.3, -0.25) is 4.79 Å². The van der Waals surface area contributed by atoms with Crippen LogP contribution < -0.4 is 5.73 Å². The van der Waals surface area contributed by atoms with Crippen LogP contribution in [0, 0.1) is 11.8 Å². The van der Waals surface area contributed by atoms with Gasteiger partial charge in [0.2, 0.25) is 5.91 Å². The molecule has 2 N–H and O–H groups in total. The molecule has 1 aliphatic heterocycles. The molecule has 1 aliphatic carbocycles. The van der Waals surface area contributed by atoms with Crippen LogP contribution in [-0.4, -0.2) is 55.5 Å². The number of hydrogen-bond acceptors (Lipinski definition) is 3. The van der Waals surface area contributed by atoms with E-state index in [1.807, 2.05) is 4.90 Å². The van der Waals surface area contributed by atoms with E-state index in [-0.39, 0.29) is 11.9 Å². The normalized spacial score (nSPS) is 23.5. The van der Waals surface area contributed by atoms with Gasteiger partial charge >= 0.3 is 0 Å². The van der Waals surface area contributed by atoms with Crippen LogP contribution in [0.25, 0.3) is 0 Å². The Kier molecular flexibility index (Phi) is 6.49. The van der Waals surface area contributed by atoms with Crippen LogP contribution in [0.1, 0.15) is 51.4 Å². The van der Waals surface area contributed by atoms with Gasteiger partial charge in [-0.1, -0.05) is 32.1 Å². The first-order valence-corrected chi connectivity index (χ1v) is 8.75. The van der Waals surface area contributed by atoms with Crippen molar-refractivity contribution >= 4 is 5.91 Å². The number of piperidine rings is 1. The Morgan fingerprint density at radius 3 is 2.29 bits per heavy atom. The second-order valence-corrected chi connectivity index (χ2v) is 7.38. The van der Waals surface area contributed by atoms with Crippen molar-refractivity contribution in [1.82, 2.24) is 9.80 Å². The Bertz CT molecular complexity index is 318. The third-order valence-corrected chi connectivity index (χ3v) is 5.18. The summed E-state index contributed by atoms with van der Waals surface area (Å²) in [6.07, 6.45) is 9.69. The number of amides is 1.